The van der Waals surface area contributed by atoms with Crippen LogP contribution in [0, 0.1) is 5.41 Å². The van der Waals surface area contributed by atoms with Crippen LogP contribution in [-0.2, 0) is 12.8 Å². The second-order valence-corrected chi connectivity index (χ2v) is 5.43. The van der Waals surface area contributed by atoms with Gasteiger partial charge < -0.3 is 5.73 Å². The lowest BCUT2D eigenvalue weighted by atomic mass is 10.1. The van der Waals surface area contributed by atoms with Crippen molar-refractivity contribution in [2.75, 3.05) is 5.75 Å². The number of hydrogen-bond donors (Lipinski definition) is 2. The zero-order valence-corrected chi connectivity index (χ0v) is 10.3. The molecule has 3 heteroatoms. The first-order chi connectivity index (χ1) is 7.75. The van der Waals surface area contributed by atoms with Gasteiger partial charge in [0.25, 0.3) is 0 Å². The highest BCUT2D eigenvalue weighted by Crippen LogP contribution is 2.27. The van der Waals surface area contributed by atoms with E-state index in [2.05, 4.69) is 18.2 Å². The third-order valence-electron chi connectivity index (χ3n) is 2.93. The van der Waals surface area contributed by atoms with E-state index in [0.29, 0.717) is 5.84 Å². The number of aryl methyl sites for hydroxylation is 2. The number of amidine groups is 1. The number of nitrogens with one attached hydrogen (secondary N) is 1. The van der Waals surface area contributed by atoms with Gasteiger partial charge in [-0.3, -0.25) is 5.41 Å². The lowest BCUT2D eigenvalue weighted by Crippen LogP contribution is -2.08. The Balaban J connectivity index is 1.83. The molecule has 1 aliphatic carbocycles. The summed E-state index contributed by atoms with van der Waals surface area (Å²) in [6, 6.07) is 6.83. The van der Waals surface area contributed by atoms with Gasteiger partial charge in [0, 0.05) is 11.3 Å². The third kappa shape index (κ3) is 3.01. The molecule has 0 atom stereocenters. The Morgan fingerprint density at radius 2 is 2.12 bits per heavy atom. The SMILES string of the molecule is N=C(N)CCCSc1ccc2c(c1)CCC2. The maximum atomic E-state index is 7.15. The summed E-state index contributed by atoms with van der Waals surface area (Å²) < 4.78 is 0. The van der Waals surface area contributed by atoms with E-state index in [-0.39, 0.29) is 0 Å². The van der Waals surface area contributed by atoms with Gasteiger partial charge in [-0.1, -0.05) is 6.07 Å². The standard InChI is InChI=1S/C13H18N2S/c14-13(15)5-2-8-16-12-7-6-10-3-1-4-11(10)9-12/h6-7,9H,1-5,8H2,(H3,14,15). The maximum Gasteiger partial charge on any atom is 0.0905 e. The Hall–Kier alpha value is -0.960. The monoisotopic (exact) mass is 234 g/mol. The third-order valence-corrected chi connectivity index (χ3v) is 4.01. The Kier molecular flexibility index (Phi) is 3.88. The zero-order chi connectivity index (χ0) is 11.4. The number of thioether (sulfide) groups is 1. The molecule has 0 aliphatic heterocycles. The molecule has 0 radical (unpaired) electrons. The van der Waals surface area contributed by atoms with E-state index >= 15 is 0 Å². The van der Waals surface area contributed by atoms with Crippen LogP contribution < -0.4 is 5.73 Å². The highest BCUT2D eigenvalue weighted by atomic mass is 32.2. The number of benzene rings is 1. The quantitative estimate of drug-likeness (QED) is 0.356. The second kappa shape index (κ2) is 5.39. The molecule has 1 aliphatic rings. The minimum absolute atomic E-state index is 0.301. The normalized spacial score (nSPS) is 13.8. The molecule has 0 unspecified atom stereocenters. The summed E-state index contributed by atoms with van der Waals surface area (Å²) >= 11 is 1.88. The van der Waals surface area contributed by atoms with Gasteiger partial charge in [-0.2, -0.15) is 0 Å². The predicted octanol–water partition coefficient (Wildman–Crippen LogP) is 2.98. The highest BCUT2D eigenvalue weighted by Gasteiger charge is 2.10. The summed E-state index contributed by atoms with van der Waals surface area (Å²) in [7, 11) is 0. The first kappa shape index (κ1) is 11.5. The van der Waals surface area contributed by atoms with Crippen LogP contribution in [0.3, 0.4) is 0 Å². The van der Waals surface area contributed by atoms with Gasteiger partial charge in [-0.25, -0.2) is 0 Å². The van der Waals surface area contributed by atoms with Gasteiger partial charge in [0.1, 0.15) is 0 Å². The molecule has 2 rings (SSSR count). The fourth-order valence-corrected chi connectivity index (χ4v) is 3.00. The average molecular weight is 234 g/mol. The molecule has 0 heterocycles. The first-order valence-corrected chi connectivity index (χ1v) is 6.82. The molecule has 2 nitrogen and oxygen atoms in total. The molecule has 0 fully saturated rings. The predicted molar refractivity (Wildman–Crippen MR) is 70.3 cm³/mol. The smallest absolute Gasteiger partial charge is 0.0905 e. The molecule has 0 saturated heterocycles. The van der Waals surface area contributed by atoms with Crippen LogP contribution >= 0.6 is 11.8 Å². The van der Waals surface area contributed by atoms with Crippen molar-refractivity contribution in [1.29, 1.82) is 5.41 Å². The minimum Gasteiger partial charge on any atom is -0.388 e. The summed E-state index contributed by atoms with van der Waals surface area (Å²) in [6.45, 7) is 0. The average Bonchev–Trinajstić information content (AvgIpc) is 2.71. The van der Waals surface area contributed by atoms with Crippen molar-refractivity contribution < 1.29 is 0 Å². The number of nitrogens with two attached hydrogens (primary N) is 1. The minimum atomic E-state index is 0.301. The molecule has 0 aromatic heterocycles. The zero-order valence-electron chi connectivity index (χ0n) is 9.46. The van der Waals surface area contributed by atoms with E-state index in [1.807, 2.05) is 11.8 Å². The number of rotatable bonds is 5. The van der Waals surface area contributed by atoms with E-state index in [4.69, 9.17) is 11.1 Å². The molecule has 0 saturated carbocycles. The van der Waals surface area contributed by atoms with Crippen molar-refractivity contribution in [2.45, 2.75) is 37.0 Å². The molecular formula is C13H18N2S. The van der Waals surface area contributed by atoms with Gasteiger partial charge in [-0.15, -0.1) is 11.8 Å². The van der Waals surface area contributed by atoms with Crippen LogP contribution in [-0.4, -0.2) is 11.6 Å². The first-order valence-electron chi connectivity index (χ1n) is 5.83. The fourth-order valence-electron chi connectivity index (χ4n) is 2.09. The van der Waals surface area contributed by atoms with Crippen LogP contribution in [0.15, 0.2) is 23.1 Å². The van der Waals surface area contributed by atoms with Crippen molar-refractivity contribution in [2.24, 2.45) is 5.73 Å². The van der Waals surface area contributed by atoms with E-state index in [0.717, 1.165) is 18.6 Å². The second-order valence-electron chi connectivity index (χ2n) is 4.26. The molecule has 0 bridgehead atoms. The van der Waals surface area contributed by atoms with Gasteiger partial charge in [-0.05, 0) is 54.7 Å². The topological polar surface area (TPSA) is 49.9 Å². The fraction of sp³-hybridized carbons (Fsp3) is 0.462. The summed E-state index contributed by atoms with van der Waals surface area (Å²) in [6.07, 6.45) is 5.53. The van der Waals surface area contributed by atoms with Gasteiger partial charge in [0.15, 0.2) is 0 Å². The molecular weight excluding hydrogens is 216 g/mol. The number of fused-ring (bicyclic) bond motifs is 1. The summed E-state index contributed by atoms with van der Waals surface area (Å²) in [5.41, 5.74) is 8.39. The van der Waals surface area contributed by atoms with Crippen LogP contribution in [0.1, 0.15) is 30.4 Å². The molecule has 0 amide bonds. The Labute approximate surface area is 101 Å². The Bertz CT molecular complexity index is 388. The lowest BCUT2D eigenvalue weighted by molar-refractivity contribution is 0.911. The summed E-state index contributed by atoms with van der Waals surface area (Å²) in [4.78, 5) is 1.37. The van der Waals surface area contributed by atoms with E-state index in [9.17, 15) is 0 Å². The highest BCUT2D eigenvalue weighted by molar-refractivity contribution is 7.99. The lowest BCUT2D eigenvalue weighted by Gasteiger charge is -2.04. The molecule has 3 N–H and O–H groups in total. The van der Waals surface area contributed by atoms with Crippen molar-refractivity contribution >= 4 is 17.6 Å². The van der Waals surface area contributed by atoms with Crippen molar-refractivity contribution in [3.05, 3.63) is 29.3 Å². The van der Waals surface area contributed by atoms with E-state index in [1.165, 1.54) is 35.3 Å². The van der Waals surface area contributed by atoms with Crippen LogP contribution in [0.2, 0.25) is 0 Å². The van der Waals surface area contributed by atoms with Crippen molar-refractivity contribution in [3.63, 3.8) is 0 Å². The Morgan fingerprint density at radius 1 is 1.31 bits per heavy atom. The van der Waals surface area contributed by atoms with Crippen LogP contribution in [0.25, 0.3) is 0 Å². The van der Waals surface area contributed by atoms with E-state index < -0.39 is 0 Å². The van der Waals surface area contributed by atoms with Crippen LogP contribution in [0.5, 0.6) is 0 Å². The molecule has 1 aromatic carbocycles. The summed E-state index contributed by atoms with van der Waals surface area (Å²) in [5, 5.41) is 7.15. The van der Waals surface area contributed by atoms with Crippen molar-refractivity contribution in [1.82, 2.24) is 0 Å². The van der Waals surface area contributed by atoms with Crippen LogP contribution in [0.4, 0.5) is 0 Å². The Morgan fingerprint density at radius 3 is 2.94 bits per heavy atom. The van der Waals surface area contributed by atoms with Gasteiger partial charge >= 0.3 is 0 Å². The largest absolute Gasteiger partial charge is 0.388 e. The molecule has 1 aromatic rings. The molecule has 16 heavy (non-hydrogen) atoms. The maximum absolute atomic E-state index is 7.15. The number of hydrogen-bond acceptors (Lipinski definition) is 2. The van der Waals surface area contributed by atoms with Gasteiger partial charge in [0.2, 0.25) is 0 Å². The summed E-state index contributed by atoms with van der Waals surface area (Å²) in [5.74, 6) is 1.35. The molecule has 0 spiro atoms. The van der Waals surface area contributed by atoms with E-state index in [1.54, 1.807) is 0 Å². The molecule has 86 valence electrons. The van der Waals surface area contributed by atoms with Gasteiger partial charge in [0.05, 0.1) is 5.84 Å². The van der Waals surface area contributed by atoms with Crippen molar-refractivity contribution in [3.8, 4) is 0 Å².